The van der Waals surface area contributed by atoms with Crippen molar-refractivity contribution >= 4 is 11.6 Å². The molecule has 1 saturated carbocycles. The van der Waals surface area contributed by atoms with Crippen LogP contribution in [0.3, 0.4) is 0 Å². The summed E-state index contributed by atoms with van der Waals surface area (Å²) in [5.41, 5.74) is 2.67. The van der Waals surface area contributed by atoms with Crippen LogP contribution >= 0.6 is 11.6 Å². The first-order chi connectivity index (χ1) is 8.18. The quantitative estimate of drug-likeness (QED) is 0.563. The van der Waals surface area contributed by atoms with Gasteiger partial charge in [-0.2, -0.15) is 0 Å². The Labute approximate surface area is 110 Å². The summed E-state index contributed by atoms with van der Waals surface area (Å²) in [7, 11) is 4.01. The van der Waals surface area contributed by atoms with Crippen LogP contribution in [0.1, 0.15) is 54.6 Å². The molecule has 94 valence electrons. The van der Waals surface area contributed by atoms with E-state index in [2.05, 4.69) is 24.3 Å². The van der Waals surface area contributed by atoms with Crippen molar-refractivity contribution in [2.75, 3.05) is 14.1 Å². The van der Waals surface area contributed by atoms with Gasteiger partial charge in [-0.15, -0.1) is 11.6 Å². The van der Waals surface area contributed by atoms with Crippen molar-refractivity contribution in [3.05, 3.63) is 35.4 Å². The predicted octanol–water partition coefficient (Wildman–Crippen LogP) is 4.53. The Morgan fingerprint density at radius 3 is 2.18 bits per heavy atom. The summed E-state index contributed by atoms with van der Waals surface area (Å²) in [6.07, 6.45) is 6.91. The molecule has 0 bridgehead atoms. The summed E-state index contributed by atoms with van der Waals surface area (Å²) < 4.78 is 0. The predicted molar refractivity (Wildman–Crippen MR) is 74.5 cm³/mol. The maximum Gasteiger partial charge on any atom is 0.110 e. The standard InChI is InChI=1S/C15H22ClN/c1-17(2)15(16)14-10-8-13(9-11-14)12-6-4-3-5-7-12/h8-12,15H,3-7H2,1-2H3. The summed E-state index contributed by atoms with van der Waals surface area (Å²) >= 11 is 6.31. The SMILES string of the molecule is CN(C)C(Cl)c1ccc(C2CCCCC2)cc1. The smallest absolute Gasteiger partial charge is 0.110 e. The van der Waals surface area contributed by atoms with Gasteiger partial charge >= 0.3 is 0 Å². The average molecular weight is 252 g/mol. The molecule has 0 aromatic heterocycles. The lowest BCUT2D eigenvalue weighted by molar-refractivity contribution is 0.384. The van der Waals surface area contributed by atoms with Gasteiger partial charge in [0.2, 0.25) is 0 Å². The molecule has 1 aromatic carbocycles. The molecule has 2 rings (SSSR count). The molecule has 0 saturated heterocycles. The molecule has 0 radical (unpaired) electrons. The van der Waals surface area contributed by atoms with E-state index >= 15 is 0 Å². The number of hydrogen-bond acceptors (Lipinski definition) is 1. The van der Waals surface area contributed by atoms with Gasteiger partial charge in [-0.3, -0.25) is 4.90 Å². The monoisotopic (exact) mass is 251 g/mol. The normalized spacial score (nSPS) is 19.5. The molecule has 1 unspecified atom stereocenters. The fourth-order valence-corrected chi connectivity index (χ4v) is 2.81. The number of rotatable bonds is 3. The Bertz CT molecular complexity index is 338. The van der Waals surface area contributed by atoms with E-state index in [0.717, 1.165) is 5.92 Å². The summed E-state index contributed by atoms with van der Waals surface area (Å²) in [6, 6.07) is 8.90. The van der Waals surface area contributed by atoms with Crippen molar-refractivity contribution in [2.24, 2.45) is 0 Å². The van der Waals surface area contributed by atoms with Crippen molar-refractivity contribution in [1.29, 1.82) is 0 Å². The number of benzene rings is 1. The third kappa shape index (κ3) is 3.23. The zero-order valence-electron chi connectivity index (χ0n) is 10.8. The van der Waals surface area contributed by atoms with Crippen LogP contribution in [0, 0.1) is 0 Å². The highest BCUT2D eigenvalue weighted by molar-refractivity contribution is 6.20. The minimum Gasteiger partial charge on any atom is -0.290 e. The third-order valence-corrected chi connectivity index (χ3v) is 4.38. The molecule has 1 aliphatic carbocycles. The van der Waals surface area contributed by atoms with E-state index in [9.17, 15) is 0 Å². The van der Waals surface area contributed by atoms with E-state index in [0.29, 0.717) is 0 Å². The van der Waals surface area contributed by atoms with Gasteiger partial charge in [0.05, 0.1) is 0 Å². The number of alkyl halides is 1. The largest absolute Gasteiger partial charge is 0.290 e. The maximum absolute atomic E-state index is 6.31. The Kier molecular flexibility index (Phi) is 4.47. The first kappa shape index (κ1) is 12.9. The Hall–Kier alpha value is -0.530. The van der Waals surface area contributed by atoms with Crippen molar-refractivity contribution < 1.29 is 0 Å². The molecular weight excluding hydrogens is 230 g/mol. The molecule has 0 amide bonds. The van der Waals surface area contributed by atoms with Crippen LogP contribution in [-0.2, 0) is 0 Å². The molecule has 0 spiro atoms. The molecular formula is C15H22ClN. The number of nitrogens with zero attached hydrogens (tertiary/aromatic N) is 1. The molecule has 1 aromatic rings. The Balaban J connectivity index is 2.06. The lowest BCUT2D eigenvalue weighted by atomic mass is 9.84. The third-order valence-electron chi connectivity index (χ3n) is 3.74. The Morgan fingerprint density at radius 2 is 1.65 bits per heavy atom. The van der Waals surface area contributed by atoms with Gasteiger partial charge in [0, 0.05) is 0 Å². The molecule has 1 nitrogen and oxygen atoms in total. The van der Waals surface area contributed by atoms with Crippen molar-refractivity contribution in [3.63, 3.8) is 0 Å². The molecule has 1 fully saturated rings. The fourth-order valence-electron chi connectivity index (χ4n) is 2.66. The summed E-state index contributed by atoms with van der Waals surface area (Å²) in [6.45, 7) is 0. The Morgan fingerprint density at radius 1 is 1.06 bits per heavy atom. The minimum atomic E-state index is -0.0181. The van der Waals surface area contributed by atoms with Crippen LogP contribution in [0.15, 0.2) is 24.3 Å². The van der Waals surface area contributed by atoms with E-state index in [1.54, 1.807) is 0 Å². The number of hydrogen-bond donors (Lipinski definition) is 0. The summed E-state index contributed by atoms with van der Waals surface area (Å²) in [4.78, 5) is 2.02. The second kappa shape index (κ2) is 5.88. The zero-order valence-corrected chi connectivity index (χ0v) is 11.6. The first-order valence-corrected chi connectivity index (χ1v) is 7.02. The van der Waals surface area contributed by atoms with Crippen LogP contribution in [0.25, 0.3) is 0 Å². The van der Waals surface area contributed by atoms with Gasteiger partial charge in [0.25, 0.3) is 0 Å². The maximum atomic E-state index is 6.31. The lowest BCUT2D eigenvalue weighted by Crippen LogP contribution is -2.14. The highest BCUT2D eigenvalue weighted by Crippen LogP contribution is 2.33. The highest BCUT2D eigenvalue weighted by atomic mass is 35.5. The summed E-state index contributed by atoms with van der Waals surface area (Å²) in [5, 5.41) is 0. The average Bonchev–Trinajstić information content (AvgIpc) is 2.39. The van der Waals surface area contributed by atoms with Gasteiger partial charge in [0.1, 0.15) is 5.50 Å². The topological polar surface area (TPSA) is 3.24 Å². The van der Waals surface area contributed by atoms with Crippen molar-refractivity contribution in [2.45, 2.75) is 43.5 Å². The van der Waals surface area contributed by atoms with E-state index in [1.165, 1.54) is 43.2 Å². The van der Waals surface area contributed by atoms with E-state index in [1.807, 2.05) is 19.0 Å². The second-order valence-corrected chi connectivity index (χ2v) is 5.71. The van der Waals surface area contributed by atoms with Crippen LogP contribution in [0.5, 0.6) is 0 Å². The van der Waals surface area contributed by atoms with E-state index in [-0.39, 0.29) is 5.50 Å². The fraction of sp³-hybridized carbons (Fsp3) is 0.600. The molecule has 1 aliphatic rings. The van der Waals surface area contributed by atoms with Crippen LogP contribution in [0.2, 0.25) is 0 Å². The van der Waals surface area contributed by atoms with E-state index in [4.69, 9.17) is 11.6 Å². The van der Waals surface area contributed by atoms with E-state index < -0.39 is 0 Å². The van der Waals surface area contributed by atoms with Crippen molar-refractivity contribution in [3.8, 4) is 0 Å². The zero-order chi connectivity index (χ0) is 12.3. The van der Waals surface area contributed by atoms with Crippen LogP contribution < -0.4 is 0 Å². The van der Waals surface area contributed by atoms with Gasteiger partial charge in [0.15, 0.2) is 0 Å². The minimum absolute atomic E-state index is 0.0181. The lowest BCUT2D eigenvalue weighted by Gasteiger charge is -2.23. The van der Waals surface area contributed by atoms with Gasteiger partial charge < -0.3 is 0 Å². The highest BCUT2D eigenvalue weighted by Gasteiger charge is 2.16. The van der Waals surface area contributed by atoms with Crippen molar-refractivity contribution in [1.82, 2.24) is 4.90 Å². The molecule has 0 N–H and O–H groups in total. The first-order valence-electron chi connectivity index (χ1n) is 6.59. The molecule has 1 atom stereocenters. The van der Waals surface area contributed by atoms with Gasteiger partial charge in [-0.25, -0.2) is 0 Å². The van der Waals surface area contributed by atoms with Gasteiger partial charge in [-0.05, 0) is 44.0 Å². The van der Waals surface area contributed by atoms with Crippen LogP contribution in [0.4, 0.5) is 0 Å². The molecule has 2 heteroatoms. The van der Waals surface area contributed by atoms with Gasteiger partial charge in [-0.1, -0.05) is 43.5 Å². The number of halogens is 1. The molecule has 0 heterocycles. The molecule has 17 heavy (non-hydrogen) atoms. The van der Waals surface area contributed by atoms with Crippen LogP contribution in [-0.4, -0.2) is 19.0 Å². The second-order valence-electron chi connectivity index (χ2n) is 5.30. The molecule has 0 aliphatic heterocycles. The summed E-state index contributed by atoms with van der Waals surface area (Å²) in [5.74, 6) is 0.783.